The average molecular weight is 209 g/mol. The van der Waals surface area contributed by atoms with Crippen molar-refractivity contribution in [3.8, 4) is 5.75 Å². The van der Waals surface area contributed by atoms with Crippen molar-refractivity contribution in [2.24, 2.45) is 7.05 Å². The maximum absolute atomic E-state index is 5.33. The lowest BCUT2D eigenvalue weighted by Crippen LogP contribution is -2.35. The van der Waals surface area contributed by atoms with Crippen LogP contribution in [0.2, 0.25) is 0 Å². The first-order chi connectivity index (χ1) is 7.22. The molecule has 1 N–H and O–H groups in total. The number of piperidine rings is 1. The standard InChI is InChI=1S/C11H19N3O/c1-8-5-4-6-9(13-8)11-10(15-3)7-12-14(11)2/h7-9,13H,4-6H2,1-3H3. The first kappa shape index (κ1) is 10.5. The number of methoxy groups -OCH3 is 1. The maximum atomic E-state index is 5.33. The van der Waals surface area contributed by atoms with Gasteiger partial charge in [0.2, 0.25) is 0 Å². The molecule has 0 radical (unpaired) electrons. The molecule has 1 fully saturated rings. The molecule has 4 heteroatoms. The highest BCUT2D eigenvalue weighted by Gasteiger charge is 2.24. The van der Waals surface area contributed by atoms with Crippen molar-refractivity contribution in [3.05, 3.63) is 11.9 Å². The average Bonchev–Trinajstić information content (AvgIpc) is 2.59. The van der Waals surface area contributed by atoms with Gasteiger partial charge in [-0.2, -0.15) is 5.10 Å². The van der Waals surface area contributed by atoms with E-state index >= 15 is 0 Å². The third-order valence-corrected chi connectivity index (χ3v) is 3.11. The van der Waals surface area contributed by atoms with Crippen LogP contribution in [-0.4, -0.2) is 22.9 Å². The van der Waals surface area contributed by atoms with Gasteiger partial charge in [0.15, 0.2) is 5.75 Å². The lowest BCUT2D eigenvalue weighted by Gasteiger charge is -2.29. The number of nitrogens with zero attached hydrogens (tertiary/aromatic N) is 2. The summed E-state index contributed by atoms with van der Waals surface area (Å²) in [7, 11) is 3.67. The van der Waals surface area contributed by atoms with Crippen LogP contribution in [0.3, 0.4) is 0 Å². The number of aryl methyl sites for hydroxylation is 1. The van der Waals surface area contributed by atoms with Gasteiger partial charge in [0, 0.05) is 13.1 Å². The smallest absolute Gasteiger partial charge is 0.161 e. The SMILES string of the molecule is COc1cnn(C)c1C1CCCC(C)N1. The minimum Gasteiger partial charge on any atom is -0.493 e. The van der Waals surface area contributed by atoms with Gasteiger partial charge in [-0.1, -0.05) is 0 Å². The molecule has 0 aliphatic carbocycles. The summed E-state index contributed by atoms with van der Waals surface area (Å²) in [6.45, 7) is 2.23. The molecule has 0 aromatic carbocycles. The summed E-state index contributed by atoms with van der Waals surface area (Å²) in [5.41, 5.74) is 1.17. The van der Waals surface area contributed by atoms with Gasteiger partial charge >= 0.3 is 0 Å². The van der Waals surface area contributed by atoms with Crippen LogP contribution in [0, 0.1) is 0 Å². The molecule has 4 nitrogen and oxygen atoms in total. The van der Waals surface area contributed by atoms with Gasteiger partial charge in [0.25, 0.3) is 0 Å². The monoisotopic (exact) mass is 209 g/mol. The number of rotatable bonds is 2. The Kier molecular flexibility index (Phi) is 2.95. The van der Waals surface area contributed by atoms with E-state index in [1.165, 1.54) is 25.0 Å². The largest absolute Gasteiger partial charge is 0.493 e. The van der Waals surface area contributed by atoms with E-state index in [2.05, 4.69) is 17.3 Å². The van der Waals surface area contributed by atoms with Crippen LogP contribution in [0.5, 0.6) is 5.75 Å². The summed E-state index contributed by atoms with van der Waals surface area (Å²) < 4.78 is 7.24. The number of hydrogen-bond acceptors (Lipinski definition) is 3. The van der Waals surface area contributed by atoms with E-state index in [1.54, 1.807) is 13.3 Å². The quantitative estimate of drug-likeness (QED) is 0.804. The Morgan fingerprint density at radius 3 is 3.00 bits per heavy atom. The summed E-state index contributed by atoms with van der Waals surface area (Å²) >= 11 is 0. The van der Waals surface area contributed by atoms with Crippen LogP contribution < -0.4 is 10.1 Å². The molecule has 84 valence electrons. The van der Waals surface area contributed by atoms with Crippen molar-refractivity contribution >= 4 is 0 Å². The zero-order valence-corrected chi connectivity index (χ0v) is 9.66. The van der Waals surface area contributed by atoms with Crippen LogP contribution in [0.15, 0.2) is 6.20 Å². The highest BCUT2D eigenvalue weighted by molar-refractivity contribution is 5.28. The van der Waals surface area contributed by atoms with E-state index in [9.17, 15) is 0 Å². The van der Waals surface area contributed by atoms with Crippen LogP contribution in [-0.2, 0) is 7.05 Å². The molecule has 0 spiro atoms. The molecule has 2 heterocycles. The predicted molar refractivity (Wildman–Crippen MR) is 58.9 cm³/mol. The van der Waals surface area contributed by atoms with E-state index in [4.69, 9.17) is 4.74 Å². The van der Waals surface area contributed by atoms with Crippen LogP contribution in [0.25, 0.3) is 0 Å². The Balaban J connectivity index is 2.23. The number of aromatic nitrogens is 2. The summed E-state index contributed by atoms with van der Waals surface area (Å²) in [6.07, 6.45) is 5.49. The Hall–Kier alpha value is -1.03. The minimum absolute atomic E-state index is 0.385. The first-order valence-electron chi connectivity index (χ1n) is 5.54. The van der Waals surface area contributed by atoms with Crippen LogP contribution in [0.1, 0.15) is 37.9 Å². The molecule has 2 rings (SSSR count). The lowest BCUT2D eigenvalue weighted by atomic mass is 9.97. The number of ether oxygens (including phenoxy) is 1. The lowest BCUT2D eigenvalue weighted by molar-refractivity contribution is 0.317. The molecule has 0 amide bonds. The molecule has 1 aromatic heterocycles. The normalized spacial score (nSPS) is 26.6. The summed E-state index contributed by atoms with van der Waals surface area (Å²) in [6, 6.07) is 0.972. The Morgan fingerprint density at radius 1 is 1.53 bits per heavy atom. The third-order valence-electron chi connectivity index (χ3n) is 3.11. The molecular weight excluding hydrogens is 190 g/mol. The summed E-state index contributed by atoms with van der Waals surface area (Å²) in [5, 5.41) is 7.83. The summed E-state index contributed by atoms with van der Waals surface area (Å²) in [4.78, 5) is 0. The molecule has 1 aliphatic heterocycles. The summed E-state index contributed by atoms with van der Waals surface area (Å²) in [5.74, 6) is 0.893. The molecule has 0 saturated carbocycles. The number of nitrogens with one attached hydrogen (secondary N) is 1. The molecule has 2 atom stereocenters. The fourth-order valence-electron chi connectivity index (χ4n) is 2.34. The highest BCUT2D eigenvalue weighted by atomic mass is 16.5. The van der Waals surface area contributed by atoms with Crippen molar-refractivity contribution in [3.63, 3.8) is 0 Å². The molecule has 15 heavy (non-hydrogen) atoms. The van der Waals surface area contributed by atoms with E-state index in [0.717, 1.165) is 5.75 Å². The van der Waals surface area contributed by atoms with Crippen molar-refractivity contribution in [2.45, 2.75) is 38.3 Å². The molecule has 2 unspecified atom stereocenters. The van der Waals surface area contributed by atoms with Gasteiger partial charge in [-0.05, 0) is 26.2 Å². The number of hydrogen-bond donors (Lipinski definition) is 1. The zero-order valence-electron chi connectivity index (χ0n) is 9.66. The van der Waals surface area contributed by atoms with Gasteiger partial charge in [-0.15, -0.1) is 0 Å². The van der Waals surface area contributed by atoms with E-state index in [0.29, 0.717) is 12.1 Å². The van der Waals surface area contributed by atoms with Gasteiger partial charge in [0.05, 0.1) is 25.0 Å². The van der Waals surface area contributed by atoms with Crippen molar-refractivity contribution in [1.29, 1.82) is 0 Å². The second kappa shape index (κ2) is 4.23. The van der Waals surface area contributed by atoms with Crippen molar-refractivity contribution in [1.82, 2.24) is 15.1 Å². The van der Waals surface area contributed by atoms with Gasteiger partial charge < -0.3 is 10.1 Å². The predicted octanol–water partition coefficient (Wildman–Crippen LogP) is 1.63. The van der Waals surface area contributed by atoms with Crippen molar-refractivity contribution < 1.29 is 4.74 Å². The Bertz CT molecular complexity index is 335. The maximum Gasteiger partial charge on any atom is 0.161 e. The second-order valence-electron chi connectivity index (χ2n) is 4.27. The van der Waals surface area contributed by atoms with E-state index < -0.39 is 0 Å². The first-order valence-corrected chi connectivity index (χ1v) is 5.54. The van der Waals surface area contributed by atoms with Gasteiger partial charge in [-0.25, -0.2) is 0 Å². The van der Waals surface area contributed by atoms with E-state index in [-0.39, 0.29) is 0 Å². The van der Waals surface area contributed by atoms with E-state index in [1.807, 2.05) is 11.7 Å². The molecular formula is C11H19N3O. The third kappa shape index (κ3) is 2.00. The zero-order chi connectivity index (χ0) is 10.8. The Labute approximate surface area is 90.6 Å². The molecule has 1 aromatic rings. The molecule has 1 aliphatic rings. The molecule has 1 saturated heterocycles. The molecule has 0 bridgehead atoms. The Morgan fingerprint density at radius 2 is 2.33 bits per heavy atom. The minimum atomic E-state index is 0.385. The topological polar surface area (TPSA) is 39.1 Å². The fraction of sp³-hybridized carbons (Fsp3) is 0.727. The van der Waals surface area contributed by atoms with Gasteiger partial charge in [0.1, 0.15) is 0 Å². The second-order valence-corrected chi connectivity index (χ2v) is 4.27. The van der Waals surface area contributed by atoms with Crippen molar-refractivity contribution in [2.75, 3.05) is 7.11 Å². The highest BCUT2D eigenvalue weighted by Crippen LogP contribution is 2.31. The van der Waals surface area contributed by atoms with Crippen LogP contribution in [0.4, 0.5) is 0 Å². The van der Waals surface area contributed by atoms with Gasteiger partial charge in [-0.3, -0.25) is 4.68 Å². The fourth-order valence-corrected chi connectivity index (χ4v) is 2.34. The van der Waals surface area contributed by atoms with Crippen LogP contribution >= 0.6 is 0 Å².